The zero-order valence-corrected chi connectivity index (χ0v) is 19.3. The monoisotopic (exact) mass is 499 g/mol. The number of aromatic hydroxyl groups is 1. The fourth-order valence-electron chi connectivity index (χ4n) is 3.65. The van der Waals surface area contributed by atoms with Gasteiger partial charge in [-0.05, 0) is 59.6 Å². The van der Waals surface area contributed by atoms with Gasteiger partial charge in [0, 0.05) is 5.70 Å². The van der Waals surface area contributed by atoms with E-state index in [0.29, 0.717) is 51.0 Å². The Hall–Kier alpha value is -3.53. The molecule has 0 saturated heterocycles. The third-order valence-corrected chi connectivity index (χ3v) is 5.67. The Balaban J connectivity index is 1.81. The number of phenolic OH excluding ortho intramolecular Hbond substituents is 1. The van der Waals surface area contributed by atoms with Crippen LogP contribution in [0.2, 0.25) is 0 Å². The van der Waals surface area contributed by atoms with E-state index in [2.05, 4.69) is 36.6 Å². The van der Waals surface area contributed by atoms with Crippen molar-refractivity contribution >= 4 is 33.5 Å². The van der Waals surface area contributed by atoms with Crippen LogP contribution in [-0.4, -0.2) is 39.5 Å². The molecule has 3 N–H and O–H groups in total. The number of fused-ring (bicyclic) bond motifs is 1. The van der Waals surface area contributed by atoms with Gasteiger partial charge >= 0.3 is 0 Å². The molecule has 4 rings (SSSR count). The van der Waals surface area contributed by atoms with E-state index < -0.39 is 6.04 Å². The molecule has 9 nitrogen and oxygen atoms in total. The number of hydrogen-bond donors (Lipinski definition) is 3. The van der Waals surface area contributed by atoms with Crippen LogP contribution in [0.25, 0.3) is 0 Å². The number of carbonyl (C=O) groups is 1. The fourth-order valence-corrected chi connectivity index (χ4v) is 4.11. The quantitative estimate of drug-likeness (QED) is 0.468. The predicted molar refractivity (Wildman–Crippen MR) is 123 cm³/mol. The zero-order chi connectivity index (χ0) is 22.8. The van der Waals surface area contributed by atoms with Gasteiger partial charge in [0.2, 0.25) is 5.95 Å². The smallest absolute Gasteiger partial charge is 0.255 e. The minimum atomic E-state index is -0.612. The Morgan fingerprint density at radius 2 is 2.09 bits per heavy atom. The summed E-state index contributed by atoms with van der Waals surface area (Å²) < 4.78 is 13.0. The van der Waals surface area contributed by atoms with Crippen molar-refractivity contribution in [1.82, 2.24) is 14.8 Å². The van der Waals surface area contributed by atoms with Crippen LogP contribution in [-0.2, 0) is 4.79 Å². The van der Waals surface area contributed by atoms with E-state index in [4.69, 9.17) is 9.47 Å². The van der Waals surface area contributed by atoms with Crippen LogP contribution < -0.4 is 20.1 Å². The molecule has 1 atom stereocenters. The highest BCUT2D eigenvalue weighted by molar-refractivity contribution is 9.10. The minimum absolute atomic E-state index is 0.0101. The van der Waals surface area contributed by atoms with E-state index in [-0.39, 0.29) is 11.7 Å². The standard InChI is InChI=1S/C22H22BrN5O4/c1-4-32-17-10-13(9-14(23)20(17)29)19-18(12(2)26-22-24-11-25-28(19)22)21(30)27-15-7-5-6-8-16(15)31-3/h5-11,19,29H,4H2,1-3H3,(H,27,30)(H,24,25,26). The average molecular weight is 500 g/mol. The lowest BCUT2D eigenvalue weighted by molar-refractivity contribution is -0.113. The van der Waals surface area contributed by atoms with Crippen LogP contribution in [0.4, 0.5) is 11.6 Å². The minimum Gasteiger partial charge on any atom is -0.503 e. The van der Waals surface area contributed by atoms with Gasteiger partial charge in [-0.25, -0.2) is 4.68 Å². The number of methoxy groups -OCH3 is 1. The fraction of sp³-hybridized carbons (Fsp3) is 0.227. The Morgan fingerprint density at radius 3 is 2.84 bits per heavy atom. The van der Waals surface area contributed by atoms with E-state index in [9.17, 15) is 9.90 Å². The highest BCUT2D eigenvalue weighted by Gasteiger charge is 2.34. The van der Waals surface area contributed by atoms with Crippen molar-refractivity contribution in [2.24, 2.45) is 0 Å². The Kier molecular flexibility index (Phi) is 6.04. The van der Waals surface area contributed by atoms with E-state index in [1.165, 1.54) is 6.33 Å². The number of phenols is 1. The molecule has 1 unspecified atom stereocenters. The van der Waals surface area contributed by atoms with Gasteiger partial charge in [0.15, 0.2) is 11.5 Å². The van der Waals surface area contributed by atoms with Gasteiger partial charge in [-0.3, -0.25) is 4.79 Å². The van der Waals surface area contributed by atoms with Crippen molar-refractivity contribution in [1.29, 1.82) is 0 Å². The largest absolute Gasteiger partial charge is 0.503 e. The van der Waals surface area contributed by atoms with Gasteiger partial charge in [0.05, 0.1) is 29.4 Å². The lowest BCUT2D eigenvalue weighted by atomic mass is 9.94. The van der Waals surface area contributed by atoms with Crippen molar-refractivity contribution in [3.8, 4) is 17.2 Å². The number of rotatable bonds is 6. The number of hydrogen-bond acceptors (Lipinski definition) is 7. The number of allylic oxidation sites excluding steroid dienone is 1. The summed E-state index contributed by atoms with van der Waals surface area (Å²) in [4.78, 5) is 17.8. The van der Waals surface area contributed by atoms with Crippen molar-refractivity contribution in [2.45, 2.75) is 19.9 Å². The Morgan fingerprint density at radius 1 is 1.31 bits per heavy atom. The number of carbonyl (C=O) groups excluding carboxylic acids is 1. The highest BCUT2D eigenvalue weighted by atomic mass is 79.9. The molecule has 0 bridgehead atoms. The summed E-state index contributed by atoms with van der Waals surface area (Å²) >= 11 is 3.38. The molecule has 32 heavy (non-hydrogen) atoms. The molecule has 0 fully saturated rings. The third kappa shape index (κ3) is 3.89. The maximum Gasteiger partial charge on any atom is 0.255 e. The van der Waals surface area contributed by atoms with Gasteiger partial charge in [0.1, 0.15) is 18.1 Å². The van der Waals surface area contributed by atoms with Crippen LogP contribution in [0, 0.1) is 0 Å². The van der Waals surface area contributed by atoms with Crippen LogP contribution in [0.3, 0.4) is 0 Å². The first-order valence-electron chi connectivity index (χ1n) is 9.91. The Bertz CT molecular complexity index is 1210. The maximum absolute atomic E-state index is 13.5. The first-order valence-corrected chi connectivity index (χ1v) is 10.7. The number of para-hydroxylation sites is 2. The summed E-state index contributed by atoms with van der Waals surface area (Å²) in [7, 11) is 1.55. The molecule has 0 radical (unpaired) electrons. The number of anilines is 2. The molecule has 1 amide bonds. The first-order chi connectivity index (χ1) is 15.4. The van der Waals surface area contributed by atoms with Gasteiger partial charge < -0.3 is 25.2 Å². The number of nitrogens with zero attached hydrogens (tertiary/aromatic N) is 3. The van der Waals surface area contributed by atoms with Gasteiger partial charge in [-0.1, -0.05) is 12.1 Å². The Labute approximate surface area is 193 Å². The van der Waals surface area contributed by atoms with Gasteiger partial charge in [-0.2, -0.15) is 10.1 Å². The molecular formula is C22H22BrN5O4. The zero-order valence-electron chi connectivity index (χ0n) is 17.7. The summed E-state index contributed by atoms with van der Waals surface area (Å²) in [5.74, 6) is 1.02. The summed E-state index contributed by atoms with van der Waals surface area (Å²) in [6, 6.07) is 10.0. The number of amides is 1. The summed E-state index contributed by atoms with van der Waals surface area (Å²) in [5, 5.41) is 20.8. The molecule has 1 aliphatic heterocycles. The number of ether oxygens (including phenoxy) is 2. The second-order valence-electron chi connectivity index (χ2n) is 7.03. The summed E-state index contributed by atoms with van der Waals surface area (Å²) in [5.41, 5.74) is 2.31. The maximum atomic E-state index is 13.5. The topological polar surface area (TPSA) is 111 Å². The van der Waals surface area contributed by atoms with E-state index >= 15 is 0 Å². The molecule has 2 aromatic carbocycles. The first kappa shape index (κ1) is 21.7. The SMILES string of the molecule is CCOc1cc(C2C(C(=O)Nc3ccccc3OC)=C(C)Nc3ncnn32)cc(Br)c1O. The van der Waals surface area contributed by atoms with E-state index in [1.54, 1.807) is 43.0 Å². The van der Waals surface area contributed by atoms with Crippen molar-refractivity contribution in [3.63, 3.8) is 0 Å². The number of benzene rings is 2. The number of nitrogens with one attached hydrogen (secondary N) is 2. The van der Waals surface area contributed by atoms with E-state index in [1.807, 2.05) is 19.1 Å². The molecule has 10 heteroatoms. The lowest BCUT2D eigenvalue weighted by Crippen LogP contribution is -2.31. The molecule has 0 spiro atoms. The molecule has 0 aliphatic carbocycles. The normalized spacial score (nSPS) is 15.1. The van der Waals surface area contributed by atoms with Crippen molar-refractivity contribution < 1.29 is 19.4 Å². The summed E-state index contributed by atoms with van der Waals surface area (Å²) in [6.07, 6.45) is 1.42. The second kappa shape index (κ2) is 8.91. The second-order valence-corrected chi connectivity index (χ2v) is 7.89. The predicted octanol–water partition coefficient (Wildman–Crippen LogP) is 4.08. The summed E-state index contributed by atoms with van der Waals surface area (Å²) in [6.45, 7) is 4.01. The number of aromatic nitrogens is 3. The number of halogens is 1. The molecular weight excluding hydrogens is 478 g/mol. The van der Waals surface area contributed by atoms with Crippen molar-refractivity contribution in [2.75, 3.05) is 24.4 Å². The molecule has 2 heterocycles. The molecule has 3 aromatic rings. The van der Waals surface area contributed by atoms with Gasteiger partial charge in [-0.15, -0.1) is 0 Å². The van der Waals surface area contributed by atoms with Gasteiger partial charge in [0.25, 0.3) is 5.91 Å². The van der Waals surface area contributed by atoms with Crippen LogP contribution in [0.5, 0.6) is 17.2 Å². The molecule has 1 aromatic heterocycles. The van der Waals surface area contributed by atoms with Crippen LogP contribution in [0.15, 0.2) is 58.5 Å². The molecule has 1 aliphatic rings. The highest BCUT2D eigenvalue weighted by Crippen LogP contribution is 2.42. The molecule has 166 valence electrons. The lowest BCUT2D eigenvalue weighted by Gasteiger charge is -2.29. The molecule has 0 saturated carbocycles. The van der Waals surface area contributed by atoms with Crippen molar-refractivity contribution in [3.05, 3.63) is 64.0 Å². The average Bonchev–Trinajstić information content (AvgIpc) is 3.24. The van der Waals surface area contributed by atoms with Crippen LogP contribution >= 0.6 is 15.9 Å². The van der Waals surface area contributed by atoms with E-state index in [0.717, 1.165) is 0 Å². The third-order valence-electron chi connectivity index (χ3n) is 5.06. The van der Waals surface area contributed by atoms with Crippen LogP contribution in [0.1, 0.15) is 25.5 Å².